The number of carbonyl (C=O) groups is 2. The second-order valence-corrected chi connectivity index (χ2v) is 5.92. The average Bonchev–Trinajstić information content (AvgIpc) is 2.26. The van der Waals surface area contributed by atoms with Crippen LogP contribution >= 0.6 is 0 Å². The number of halogens is 1. The van der Waals surface area contributed by atoms with Crippen LogP contribution in [0.25, 0.3) is 0 Å². The van der Waals surface area contributed by atoms with Crippen LogP contribution in [0.15, 0.2) is 11.9 Å². The smallest absolute Gasteiger partial charge is 0.407 e. The zero-order chi connectivity index (χ0) is 14.8. The van der Waals surface area contributed by atoms with E-state index in [1.54, 1.807) is 20.8 Å². The largest absolute Gasteiger partial charge is 0.465 e. The molecule has 0 bridgehead atoms. The minimum absolute atomic E-state index is 0.0903. The molecule has 19 heavy (non-hydrogen) atoms. The van der Waals surface area contributed by atoms with Crippen molar-refractivity contribution in [3.63, 3.8) is 0 Å². The molecule has 5 nitrogen and oxygen atoms in total. The van der Waals surface area contributed by atoms with Crippen molar-refractivity contribution in [2.45, 2.75) is 39.7 Å². The lowest BCUT2D eigenvalue weighted by atomic mass is 9.77. The first kappa shape index (κ1) is 15.5. The van der Waals surface area contributed by atoms with E-state index in [-0.39, 0.29) is 25.1 Å². The number of rotatable bonds is 1. The summed E-state index contributed by atoms with van der Waals surface area (Å²) >= 11 is 0. The molecule has 0 aromatic rings. The molecular formula is C13H20FNO4. The van der Waals surface area contributed by atoms with Crippen LogP contribution in [0.4, 0.5) is 9.18 Å². The lowest BCUT2D eigenvalue weighted by Gasteiger charge is -2.40. The maximum absolute atomic E-state index is 13.0. The highest BCUT2D eigenvalue weighted by Crippen LogP contribution is 2.37. The molecule has 0 aromatic carbocycles. The molecule has 1 rings (SSSR count). The van der Waals surface area contributed by atoms with Crippen molar-refractivity contribution in [1.82, 2.24) is 4.90 Å². The van der Waals surface area contributed by atoms with Crippen molar-refractivity contribution in [2.24, 2.45) is 5.41 Å². The zero-order valence-electron chi connectivity index (χ0n) is 11.7. The number of ether oxygens (including phenoxy) is 1. The number of carboxylic acid groups (broad SMARTS) is 1. The molecule has 0 saturated carbocycles. The van der Waals surface area contributed by atoms with Gasteiger partial charge in [-0.05, 0) is 39.7 Å². The molecule has 0 aliphatic carbocycles. The van der Waals surface area contributed by atoms with Crippen LogP contribution < -0.4 is 0 Å². The van der Waals surface area contributed by atoms with Crippen LogP contribution in [-0.4, -0.2) is 40.8 Å². The minimum atomic E-state index is -1.27. The Hall–Kier alpha value is -1.59. The highest BCUT2D eigenvalue weighted by atomic mass is 19.1. The molecule has 1 saturated heterocycles. The Morgan fingerprint density at radius 2 is 2.05 bits per heavy atom. The van der Waals surface area contributed by atoms with Gasteiger partial charge < -0.3 is 14.7 Å². The van der Waals surface area contributed by atoms with Gasteiger partial charge in [0, 0.05) is 13.1 Å². The highest BCUT2D eigenvalue weighted by Gasteiger charge is 2.45. The van der Waals surface area contributed by atoms with E-state index in [1.165, 1.54) is 6.92 Å². The average molecular weight is 273 g/mol. The Morgan fingerprint density at radius 3 is 2.47 bits per heavy atom. The van der Waals surface area contributed by atoms with Gasteiger partial charge in [-0.3, -0.25) is 4.79 Å². The number of hydrogen-bond donors (Lipinski definition) is 1. The summed E-state index contributed by atoms with van der Waals surface area (Å²) < 4.78 is 18.2. The molecule has 1 aliphatic heterocycles. The first-order valence-electron chi connectivity index (χ1n) is 6.11. The van der Waals surface area contributed by atoms with Crippen LogP contribution in [0.5, 0.6) is 0 Å². The monoisotopic (exact) mass is 273 g/mol. The number of carbonyl (C=O) groups excluding carboxylic acids is 1. The second-order valence-electron chi connectivity index (χ2n) is 5.92. The van der Waals surface area contributed by atoms with E-state index in [9.17, 15) is 14.0 Å². The summed E-state index contributed by atoms with van der Waals surface area (Å²) in [5.74, 6) is -0.602. The molecule has 1 heterocycles. The number of hydrogen-bond acceptors (Lipinski definition) is 3. The van der Waals surface area contributed by atoms with Crippen molar-refractivity contribution in [3.8, 4) is 0 Å². The third kappa shape index (κ3) is 3.45. The van der Waals surface area contributed by atoms with Crippen LogP contribution in [0.3, 0.4) is 0 Å². The van der Waals surface area contributed by atoms with Gasteiger partial charge in [-0.1, -0.05) is 0 Å². The van der Waals surface area contributed by atoms with Gasteiger partial charge >= 0.3 is 12.1 Å². The zero-order valence-corrected chi connectivity index (χ0v) is 11.7. The lowest BCUT2D eigenvalue weighted by Crippen LogP contribution is -2.51. The van der Waals surface area contributed by atoms with Gasteiger partial charge in [-0.15, -0.1) is 0 Å². The van der Waals surface area contributed by atoms with Gasteiger partial charge in [-0.25, -0.2) is 9.18 Å². The highest BCUT2D eigenvalue weighted by molar-refractivity contribution is 5.82. The van der Waals surface area contributed by atoms with Crippen molar-refractivity contribution >= 4 is 12.1 Å². The summed E-state index contributed by atoms with van der Waals surface area (Å²) in [5, 5.41) is 9.00. The lowest BCUT2D eigenvalue weighted by molar-refractivity contribution is -0.166. The van der Waals surface area contributed by atoms with Crippen LogP contribution in [0.2, 0.25) is 0 Å². The van der Waals surface area contributed by atoms with Gasteiger partial charge in [0.2, 0.25) is 0 Å². The van der Waals surface area contributed by atoms with Crippen LogP contribution in [-0.2, 0) is 9.53 Å². The fraction of sp³-hybridized carbons (Fsp3) is 0.692. The van der Waals surface area contributed by atoms with Crippen molar-refractivity contribution < 1.29 is 23.8 Å². The summed E-state index contributed by atoms with van der Waals surface area (Å²) in [4.78, 5) is 24.3. The Kier molecular flexibility index (Phi) is 4.22. The summed E-state index contributed by atoms with van der Waals surface area (Å²) in [6, 6.07) is 0. The van der Waals surface area contributed by atoms with E-state index >= 15 is 0 Å². The van der Waals surface area contributed by atoms with Crippen LogP contribution in [0.1, 0.15) is 34.1 Å². The molecule has 1 fully saturated rings. The van der Waals surface area contributed by atoms with Crippen molar-refractivity contribution in [3.05, 3.63) is 11.9 Å². The third-order valence-corrected chi connectivity index (χ3v) is 3.12. The summed E-state index contributed by atoms with van der Waals surface area (Å²) in [6.07, 6.45) is -0.533. The molecule has 0 unspecified atom stereocenters. The number of esters is 1. The maximum atomic E-state index is 13.0. The van der Waals surface area contributed by atoms with E-state index < -0.39 is 23.1 Å². The molecular weight excluding hydrogens is 253 g/mol. The number of amides is 1. The standard InChI is InChI=1S/C13H20FNO4/c1-12(2,3)19-10(16)13(4)8-15(11(17)18)6-5-9(13)7-14/h7H,5-6,8H2,1-4H3,(H,17,18)/b9-7-/t13-/m1/s1. The fourth-order valence-corrected chi connectivity index (χ4v) is 2.02. The molecule has 0 spiro atoms. The molecule has 1 atom stereocenters. The van der Waals surface area contributed by atoms with E-state index in [4.69, 9.17) is 9.84 Å². The Morgan fingerprint density at radius 1 is 1.47 bits per heavy atom. The van der Waals surface area contributed by atoms with Gasteiger partial charge in [0.1, 0.15) is 11.0 Å². The summed E-state index contributed by atoms with van der Waals surface area (Å²) in [7, 11) is 0. The normalized spacial score (nSPS) is 26.4. The van der Waals surface area contributed by atoms with Gasteiger partial charge in [0.25, 0.3) is 0 Å². The van der Waals surface area contributed by atoms with E-state index in [2.05, 4.69) is 0 Å². The predicted molar refractivity (Wildman–Crippen MR) is 67.4 cm³/mol. The molecule has 1 amide bonds. The SMILES string of the molecule is CC(C)(C)OC(=O)[C@]1(C)CN(C(=O)O)CC/C1=C/F. The first-order chi connectivity index (χ1) is 8.60. The second kappa shape index (κ2) is 5.19. The molecule has 0 radical (unpaired) electrons. The maximum Gasteiger partial charge on any atom is 0.407 e. The minimum Gasteiger partial charge on any atom is -0.465 e. The first-order valence-corrected chi connectivity index (χ1v) is 6.11. The van der Waals surface area contributed by atoms with E-state index in [1.807, 2.05) is 0 Å². The number of piperidine rings is 1. The van der Waals surface area contributed by atoms with Crippen molar-refractivity contribution in [1.29, 1.82) is 0 Å². The molecule has 0 aromatic heterocycles. The summed E-state index contributed by atoms with van der Waals surface area (Å²) in [5.41, 5.74) is -1.69. The van der Waals surface area contributed by atoms with Gasteiger partial charge in [0.05, 0.1) is 6.33 Å². The van der Waals surface area contributed by atoms with E-state index in [0.717, 1.165) is 4.90 Å². The number of nitrogens with zero attached hydrogens (tertiary/aromatic N) is 1. The quantitative estimate of drug-likeness (QED) is 0.746. The number of likely N-dealkylation sites (tertiary alicyclic amines) is 1. The molecule has 6 heteroatoms. The van der Waals surface area contributed by atoms with Gasteiger partial charge in [-0.2, -0.15) is 0 Å². The topological polar surface area (TPSA) is 66.8 Å². The van der Waals surface area contributed by atoms with Crippen molar-refractivity contribution in [2.75, 3.05) is 13.1 Å². The van der Waals surface area contributed by atoms with Crippen LogP contribution in [0, 0.1) is 5.41 Å². The van der Waals surface area contributed by atoms with E-state index in [0.29, 0.717) is 6.33 Å². The summed E-state index contributed by atoms with van der Waals surface area (Å²) in [6.45, 7) is 6.75. The Balaban J connectivity index is 3.01. The predicted octanol–water partition coefficient (Wildman–Crippen LogP) is 2.57. The Labute approximate surface area is 112 Å². The third-order valence-electron chi connectivity index (χ3n) is 3.12. The fourth-order valence-electron chi connectivity index (χ4n) is 2.02. The molecule has 1 aliphatic rings. The molecule has 1 N–H and O–H groups in total. The molecule has 108 valence electrons. The Bertz CT molecular complexity index is 413. The van der Waals surface area contributed by atoms with Gasteiger partial charge in [0.15, 0.2) is 0 Å².